The SMILES string of the molecule is Cc1nn2c3c1c1oc(=O)c(Sc4cccc(Cl)c4)c(O)c1c(=O)n3CCC2. The number of pyridine rings is 1. The van der Waals surface area contributed by atoms with E-state index in [9.17, 15) is 14.7 Å². The largest absolute Gasteiger partial charge is 0.505 e. The Bertz CT molecular complexity index is 1400. The summed E-state index contributed by atoms with van der Waals surface area (Å²) in [6.07, 6.45) is 0.760. The lowest BCUT2D eigenvalue weighted by Crippen LogP contribution is -2.27. The highest BCUT2D eigenvalue weighted by Gasteiger charge is 2.27. The van der Waals surface area contributed by atoms with Crippen LogP contribution in [0.15, 0.2) is 48.1 Å². The van der Waals surface area contributed by atoms with E-state index in [4.69, 9.17) is 16.0 Å². The van der Waals surface area contributed by atoms with Crippen LogP contribution in [0.2, 0.25) is 5.02 Å². The van der Waals surface area contributed by atoms with Gasteiger partial charge in [0, 0.05) is 23.0 Å². The highest BCUT2D eigenvalue weighted by atomic mass is 35.5. The zero-order chi connectivity index (χ0) is 19.6. The summed E-state index contributed by atoms with van der Waals surface area (Å²) >= 11 is 7.01. The molecule has 0 saturated heterocycles. The van der Waals surface area contributed by atoms with E-state index in [-0.39, 0.29) is 21.6 Å². The van der Waals surface area contributed by atoms with Crippen LogP contribution in [0.25, 0.3) is 22.0 Å². The molecular formula is C19H14ClN3O4S. The van der Waals surface area contributed by atoms with Gasteiger partial charge in [0.25, 0.3) is 5.56 Å². The number of fused-ring (bicyclic) bond motifs is 2. The molecule has 0 radical (unpaired) electrons. The normalized spacial score (nSPS) is 13.5. The first-order chi connectivity index (χ1) is 13.5. The van der Waals surface area contributed by atoms with Gasteiger partial charge in [-0.15, -0.1) is 0 Å². The van der Waals surface area contributed by atoms with Gasteiger partial charge < -0.3 is 9.52 Å². The van der Waals surface area contributed by atoms with Crippen LogP contribution in [0.3, 0.4) is 0 Å². The molecule has 3 aromatic heterocycles. The average molecular weight is 416 g/mol. The predicted octanol–water partition coefficient (Wildman–Crippen LogP) is 3.53. The van der Waals surface area contributed by atoms with Crippen molar-refractivity contribution in [3.63, 3.8) is 0 Å². The lowest BCUT2D eigenvalue weighted by molar-refractivity contribution is 0.444. The third kappa shape index (κ3) is 2.41. The number of aromatic nitrogens is 3. The van der Waals surface area contributed by atoms with Gasteiger partial charge in [-0.2, -0.15) is 5.10 Å². The molecule has 0 spiro atoms. The Labute approximate surface area is 167 Å². The van der Waals surface area contributed by atoms with Crippen molar-refractivity contribution in [3.8, 4) is 5.75 Å². The van der Waals surface area contributed by atoms with Crippen LogP contribution in [0.4, 0.5) is 0 Å². The molecule has 5 rings (SSSR count). The lowest BCUT2D eigenvalue weighted by Gasteiger charge is -2.17. The standard InChI is InChI=1S/C19H14ClN3O4S/c1-9-12-15-13(18(25)22-6-3-7-23(21-9)17(12)22)14(24)16(19(26)27-15)28-11-5-2-4-10(20)8-11/h2,4-5,8,24H,3,6-7H2,1H3. The quantitative estimate of drug-likeness (QED) is 0.538. The maximum atomic E-state index is 13.1. The smallest absolute Gasteiger partial charge is 0.354 e. The summed E-state index contributed by atoms with van der Waals surface area (Å²) in [5.74, 6) is -0.371. The number of halogens is 1. The summed E-state index contributed by atoms with van der Waals surface area (Å²) in [7, 11) is 0. The molecule has 28 heavy (non-hydrogen) atoms. The molecule has 142 valence electrons. The molecule has 9 heteroatoms. The Morgan fingerprint density at radius 3 is 2.86 bits per heavy atom. The fourth-order valence-electron chi connectivity index (χ4n) is 3.70. The summed E-state index contributed by atoms with van der Waals surface area (Å²) in [4.78, 5) is 26.4. The first-order valence-electron chi connectivity index (χ1n) is 8.69. The fraction of sp³-hybridized carbons (Fsp3) is 0.211. The number of hydrogen-bond acceptors (Lipinski definition) is 6. The van der Waals surface area contributed by atoms with Crippen LogP contribution in [0.5, 0.6) is 5.75 Å². The Morgan fingerprint density at radius 1 is 1.25 bits per heavy atom. The molecule has 0 bridgehead atoms. The topological polar surface area (TPSA) is 90.3 Å². The summed E-state index contributed by atoms with van der Waals surface area (Å²) in [6, 6.07) is 6.88. The van der Waals surface area contributed by atoms with Gasteiger partial charge in [0.1, 0.15) is 15.9 Å². The first kappa shape index (κ1) is 17.4. The first-order valence-corrected chi connectivity index (χ1v) is 9.88. The number of benzene rings is 1. The van der Waals surface area contributed by atoms with E-state index in [0.29, 0.717) is 39.7 Å². The number of nitrogens with zero attached hydrogens (tertiary/aromatic N) is 3. The minimum atomic E-state index is -0.711. The summed E-state index contributed by atoms with van der Waals surface area (Å²) in [5.41, 5.74) is 0.252. The van der Waals surface area contributed by atoms with Crippen LogP contribution in [0.1, 0.15) is 12.1 Å². The molecule has 0 unspecified atom stereocenters. The molecule has 1 aliphatic rings. The van der Waals surface area contributed by atoms with Gasteiger partial charge in [-0.3, -0.25) is 9.36 Å². The van der Waals surface area contributed by atoms with Crippen LogP contribution in [0, 0.1) is 6.92 Å². The summed E-state index contributed by atoms with van der Waals surface area (Å²) in [6.45, 7) is 3.00. The maximum absolute atomic E-state index is 13.1. The van der Waals surface area contributed by atoms with Crippen molar-refractivity contribution in [1.82, 2.24) is 14.3 Å². The molecule has 0 amide bonds. The Morgan fingerprint density at radius 2 is 2.07 bits per heavy atom. The maximum Gasteiger partial charge on any atom is 0.354 e. The highest BCUT2D eigenvalue weighted by Crippen LogP contribution is 2.38. The minimum Gasteiger partial charge on any atom is -0.505 e. The molecule has 4 aromatic rings. The van der Waals surface area contributed by atoms with Crippen LogP contribution in [-0.2, 0) is 13.1 Å². The molecule has 0 aliphatic carbocycles. The van der Waals surface area contributed by atoms with E-state index in [2.05, 4.69) is 5.10 Å². The number of aryl methyl sites for hydroxylation is 3. The second-order valence-corrected chi connectivity index (χ2v) is 8.17. The Kier molecular flexibility index (Phi) is 3.82. The van der Waals surface area contributed by atoms with Gasteiger partial charge in [-0.1, -0.05) is 29.4 Å². The van der Waals surface area contributed by atoms with Crippen molar-refractivity contribution >= 4 is 45.4 Å². The van der Waals surface area contributed by atoms with Crippen molar-refractivity contribution in [2.45, 2.75) is 36.2 Å². The van der Waals surface area contributed by atoms with Crippen molar-refractivity contribution in [2.75, 3.05) is 0 Å². The summed E-state index contributed by atoms with van der Waals surface area (Å²) < 4.78 is 8.89. The second kappa shape index (κ2) is 6.15. The van der Waals surface area contributed by atoms with Crippen LogP contribution in [-0.4, -0.2) is 19.5 Å². The number of hydrogen-bond donors (Lipinski definition) is 1. The summed E-state index contributed by atoms with van der Waals surface area (Å²) in [5, 5.41) is 16.4. The number of aromatic hydroxyl groups is 1. The lowest BCUT2D eigenvalue weighted by atomic mass is 10.1. The van der Waals surface area contributed by atoms with Crippen molar-refractivity contribution in [3.05, 3.63) is 55.8 Å². The molecule has 4 heterocycles. The van der Waals surface area contributed by atoms with Gasteiger partial charge in [0.05, 0.1) is 11.1 Å². The molecule has 7 nitrogen and oxygen atoms in total. The number of rotatable bonds is 2. The third-order valence-corrected chi connectivity index (χ3v) is 6.16. The van der Waals surface area contributed by atoms with E-state index < -0.39 is 11.2 Å². The van der Waals surface area contributed by atoms with Crippen molar-refractivity contribution < 1.29 is 9.52 Å². The molecule has 1 aromatic carbocycles. The van der Waals surface area contributed by atoms with Crippen molar-refractivity contribution in [1.29, 1.82) is 0 Å². The zero-order valence-electron chi connectivity index (χ0n) is 14.7. The molecular weight excluding hydrogens is 402 g/mol. The zero-order valence-corrected chi connectivity index (χ0v) is 16.3. The van der Waals surface area contributed by atoms with E-state index in [0.717, 1.165) is 18.2 Å². The molecule has 1 aliphatic heterocycles. The fourth-order valence-corrected chi connectivity index (χ4v) is 4.85. The van der Waals surface area contributed by atoms with Crippen LogP contribution >= 0.6 is 23.4 Å². The molecule has 0 fully saturated rings. The monoisotopic (exact) mass is 415 g/mol. The highest BCUT2D eigenvalue weighted by molar-refractivity contribution is 7.99. The van der Waals surface area contributed by atoms with E-state index in [1.165, 1.54) is 0 Å². The van der Waals surface area contributed by atoms with Gasteiger partial charge in [0.2, 0.25) is 0 Å². The average Bonchev–Trinajstić information content (AvgIpc) is 2.99. The molecule has 0 atom stereocenters. The van der Waals surface area contributed by atoms with Gasteiger partial charge in [-0.05, 0) is 31.5 Å². The van der Waals surface area contributed by atoms with Gasteiger partial charge >= 0.3 is 5.63 Å². The van der Waals surface area contributed by atoms with Crippen LogP contribution < -0.4 is 11.2 Å². The molecule has 0 saturated carbocycles. The van der Waals surface area contributed by atoms with E-state index in [1.807, 2.05) is 0 Å². The van der Waals surface area contributed by atoms with Crippen molar-refractivity contribution in [2.24, 2.45) is 0 Å². The predicted molar refractivity (Wildman–Crippen MR) is 107 cm³/mol. The Balaban J connectivity index is 1.86. The van der Waals surface area contributed by atoms with E-state index >= 15 is 0 Å². The molecule has 1 N–H and O–H groups in total. The second-order valence-electron chi connectivity index (χ2n) is 6.65. The van der Waals surface area contributed by atoms with Gasteiger partial charge in [0.15, 0.2) is 11.3 Å². The Hall–Kier alpha value is -2.71. The third-order valence-electron chi connectivity index (χ3n) is 4.87. The minimum absolute atomic E-state index is 0.00109. The van der Waals surface area contributed by atoms with E-state index in [1.54, 1.807) is 40.4 Å². The van der Waals surface area contributed by atoms with Gasteiger partial charge in [-0.25, -0.2) is 9.48 Å².